The van der Waals surface area contributed by atoms with Gasteiger partial charge in [0, 0.05) is 17.9 Å². The van der Waals surface area contributed by atoms with Crippen LogP contribution in [-0.4, -0.2) is 10.7 Å². The van der Waals surface area contributed by atoms with Gasteiger partial charge in [0.1, 0.15) is 11.6 Å². The van der Waals surface area contributed by atoms with Gasteiger partial charge in [-0.1, -0.05) is 29.8 Å². The maximum Gasteiger partial charge on any atom is 0.124 e. The molecular formula is C16H15ClF2O. The molecule has 1 atom stereocenters. The second kappa shape index (κ2) is 5.90. The van der Waals surface area contributed by atoms with E-state index < -0.39 is 11.4 Å². The van der Waals surface area contributed by atoms with Crippen molar-refractivity contribution in [1.82, 2.24) is 0 Å². The first-order valence-electron chi connectivity index (χ1n) is 6.26. The SMILES string of the molecule is CC(O)(Cc1ccc(F)cc1)Cc1ccc(F)cc1Cl. The lowest BCUT2D eigenvalue weighted by Gasteiger charge is -2.24. The Morgan fingerprint density at radius 1 is 1.00 bits per heavy atom. The van der Waals surface area contributed by atoms with Gasteiger partial charge in [-0.2, -0.15) is 0 Å². The summed E-state index contributed by atoms with van der Waals surface area (Å²) in [6, 6.07) is 10.1. The van der Waals surface area contributed by atoms with Gasteiger partial charge < -0.3 is 5.11 Å². The Labute approximate surface area is 121 Å². The lowest BCUT2D eigenvalue weighted by Crippen LogP contribution is -2.30. The average Bonchev–Trinajstić information content (AvgIpc) is 2.35. The molecule has 20 heavy (non-hydrogen) atoms. The zero-order chi connectivity index (χ0) is 14.8. The fourth-order valence-corrected chi connectivity index (χ4v) is 2.41. The molecule has 0 heterocycles. The lowest BCUT2D eigenvalue weighted by atomic mass is 9.90. The van der Waals surface area contributed by atoms with Crippen LogP contribution in [0.5, 0.6) is 0 Å². The monoisotopic (exact) mass is 296 g/mol. The van der Waals surface area contributed by atoms with Gasteiger partial charge in [0.2, 0.25) is 0 Å². The molecule has 2 aromatic rings. The van der Waals surface area contributed by atoms with Gasteiger partial charge in [-0.15, -0.1) is 0 Å². The first-order chi connectivity index (χ1) is 9.35. The number of benzene rings is 2. The van der Waals surface area contributed by atoms with E-state index in [0.29, 0.717) is 23.4 Å². The molecule has 0 bridgehead atoms. The van der Waals surface area contributed by atoms with Crippen LogP contribution in [0.3, 0.4) is 0 Å². The Hall–Kier alpha value is -1.45. The molecule has 0 aromatic heterocycles. The van der Waals surface area contributed by atoms with Crippen LogP contribution < -0.4 is 0 Å². The summed E-state index contributed by atoms with van der Waals surface area (Å²) in [7, 11) is 0. The first-order valence-corrected chi connectivity index (χ1v) is 6.64. The molecule has 0 aliphatic carbocycles. The maximum absolute atomic E-state index is 13.0. The second-order valence-electron chi connectivity index (χ2n) is 5.21. The zero-order valence-electron chi connectivity index (χ0n) is 11.0. The summed E-state index contributed by atoms with van der Waals surface area (Å²) in [5.41, 5.74) is 0.467. The molecule has 0 aliphatic heterocycles. The minimum Gasteiger partial charge on any atom is -0.389 e. The first kappa shape index (κ1) is 14.9. The molecule has 2 aromatic carbocycles. The van der Waals surface area contributed by atoms with Gasteiger partial charge in [-0.3, -0.25) is 0 Å². The quantitative estimate of drug-likeness (QED) is 0.898. The third-order valence-electron chi connectivity index (χ3n) is 3.08. The summed E-state index contributed by atoms with van der Waals surface area (Å²) in [6.45, 7) is 1.68. The predicted octanol–water partition coefficient (Wildman–Crippen LogP) is 4.15. The zero-order valence-corrected chi connectivity index (χ0v) is 11.8. The highest BCUT2D eigenvalue weighted by Crippen LogP contribution is 2.24. The van der Waals surface area contributed by atoms with Gasteiger partial charge in [-0.05, 0) is 42.3 Å². The highest BCUT2D eigenvalue weighted by Gasteiger charge is 2.23. The van der Waals surface area contributed by atoms with Crippen molar-refractivity contribution >= 4 is 11.6 Å². The Balaban J connectivity index is 2.12. The summed E-state index contributed by atoms with van der Waals surface area (Å²) in [5, 5.41) is 10.7. The minimum atomic E-state index is -1.04. The highest BCUT2D eigenvalue weighted by atomic mass is 35.5. The molecular weight excluding hydrogens is 282 g/mol. The van der Waals surface area contributed by atoms with Crippen LogP contribution in [0.1, 0.15) is 18.1 Å². The molecule has 4 heteroatoms. The topological polar surface area (TPSA) is 20.2 Å². The largest absolute Gasteiger partial charge is 0.389 e. The van der Waals surface area contributed by atoms with E-state index in [1.807, 2.05) is 0 Å². The molecule has 0 fully saturated rings. The molecule has 0 spiro atoms. The van der Waals surface area contributed by atoms with E-state index >= 15 is 0 Å². The number of hydrogen-bond acceptors (Lipinski definition) is 1. The van der Waals surface area contributed by atoms with Gasteiger partial charge >= 0.3 is 0 Å². The Bertz CT molecular complexity index is 594. The molecule has 0 saturated heterocycles. The molecule has 1 nitrogen and oxygen atoms in total. The third kappa shape index (κ3) is 4.02. The van der Waals surface area contributed by atoms with Crippen LogP contribution in [0.25, 0.3) is 0 Å². The summed E-state index contributed by atoms with van der Waals surface area (Å²) >= 11 is 5.96. The van der Waals surface area contributed by atoms with Crippen LogP contribution in [0, 0.1) is 11.6 Å². The van der Waals surface area contributed by atoms with Crippen molar-refractivity contribution in [2.75, 3.05) is 0 Å². The van der Waals surface area contributed by atoms with Crippen molar-refractivity contribution in [2.45, 2.75) is 25.4 Å². The van der Waals surface area contributed by atoms with E-state index in [-0.39, 0.29) is 5.82 Å². The van der Waals surface area contributed by atoms with Crippen LogP contribution in [0.2, 0.25) is 5.02 Å². The van der Waals surface area contributed by atoms with E-state index in [1.54, 1.807) is 25.1 Å². The summed E-state index contributed by atoms with van der Waals surface area (Å²) < 4.78 is 25.8. The number of rotatable bonds is 4. The lowest BCUT2D eigenvalue weighted by molar-refractivity contribution is 0.0608. The van der Waals surface area contributed by atoms with Crippen molar-refractivity contribution < 1.29 is 13.9 Å². The van der Waals surface area contributed by atoms with Crippen LogP contribution in [-0.2, 0) is 12.8 Å². The number of halogens is 3. The summed E-state index contributed by atoms with van der Waals surface area (Å²) in [6.07, 6.45) is 0.657. The van der Waals surface area contributed by atoms with Crippen molar-refractivity contribution in [2.24, 2.45) is 0 Å². The molecule has 0 amide bonds. The fourth-order valence-electron chi connectivity index (χ4n) is 2.18. The normalized spacial score (nSPS) is 14.1. The average molecular weight is 297 g/mol. The molecule has 1 unspecified atom stereocenters. The van der Waals surface area contributed by atoms with Crippen LogP contribution in [0.15, 0.2) is 42.5 Å². The van der Waals surface area contributed by atoms with Gasteiger partial charge in [0.25, 0.3) is 0 Å². The van der Waals surface area contributed by atoms with E-state index in [2.05, 4.69) is 0 Å². The second-order valence-corrected chi connectivity index (χ2v) is 5.62. The highest BCUT2D eigenvalue weighted by molar-refractivity contribution is 6.31. The maximum atomic E-state index is 13.0. The minimum absolute atomic E-state index is 0.295. The molecule has 0 radical (unpaired) electrons. The van der Waals surface area contributed by atoms with Crippen LogP contribution in [0.4, 0.5) is 8.78 Å². The summed E-state index contributed by atoms with van der Waals surface area (Å²) in [4.78, 5) is 0. The van der Waals surface area contributed by atoms with Crippen molar-refractivity contribution in [3.63, 3.8) is 0 Å². The van der Waals surface area contributed by atoms with E-state index in [4.69, 9.17) is 11.6 Å². The van der Waals surface area contributed by atoms with Gasteiger partial charge in [0.05, 0.1) is 5.60 Å². The van der Waals surface area contributed by atoms with E-state index in [9.17, 15) is 13.9 Å². The predicted molar refractivity (Wildman–Crippen MR) is 75.8 cm³/mol. The van der Waals surface area contributed by atoms with Crippen LogP contribution >= 0.6 is 11.6 Å². The Morgan fingerprint density at radius 2 is 1.60 bits per heavy atom. The van der Waals surface area contributed by atoms with Crippen molar-refractivity contribution in [3.8, 4) is 0 Å². The Morgan fingerprint density at radius 3 is 2.20 bits per heavy atom. The summed E-state index contributed by atoms with van der Waals surface area (Å²) in [5.74, 6) is -0.716. The number of aliphatic hydroxyl groups is 1. The molecule has 1 N–H and O–H groups in total. The van der Waals surface area contributed by atoms with Gasteiger partial charge in [-0.25, -0.2) is 8.78 Å². The van der Waals surface area contributed by atoms with E-state index in [1.165, 1.54) is 24.3 Å². The smallest absolute Gasteiger partial charge is 0.124 e. The third-order valence-corrected chi connectivity index (χ3v) is 3.44. The Kier molecular flexibility index (Phi) is 4.41. The molecule has 2 rings (SSSR count). The van der Waals surface area contributed by atoms with Crippen molar-refractivity contribution in [1.29, 1.82) is 0 Å². The molecule has 0 saturated carbocycles. The molecule has 0 aliphatic rings. The molecule has 106 valence electrons. The van der Waals surface area contributed by atoms with Crippen molar-refractivity contribution in [3.05, 3.63) is 70.2 Å². The van der Waals surface area contributed by atoms with E-state index in [0.717, 1.165) is 5.56 Å². The fraction of sp³-hybridized carbons (Fsp3) is 0.250. The number of hydrogen-bond donors (Lipinski definition) is 1. The van der Waals surface area contributed by atoms with Gasteiger partial charge in [0.15, 0.2) is 0 Å². The standard InChI is InChI=1S/C16H15ClF2O/c1-16(20,9-11-2-5-13(18)6-3-11)10-12-4-7-14(19)8-15(12)17/h2-8,20H,9-10H2,1H3.